The first kappa shape index (κ1) is 16.7. The molecule has 1 amide bonds. The van der Waals surface area contributed by atoms with Gasteiger partial charge in [0.15, 0.2) is 0 Å². The Kier molecular flexibility index (Phi) is 5.84. The number of ether oxygens (including phenoxy) is 2. The summed E-state index contributed by atoms with van der Waals surface area (Å²) < 4.78 is 11.0. The zero-order chi connectivity index (χ0) is 16.1. The Bertz CT molecular complexity index is 531. The first-order valence-electron chi connectivity index (χ1n) is 8.44. The van der Waals surface area contributed by atoms with Gasteiger partial charge in [0.05, 0.1) is 13.2 Å². The third kappa shape index (κ3) is 4.42. The number of rotatable bonds is 2. The van der Waals surface area contributed by atoms with E-state index in [4.69, 9.17) is 9.47 Å². The van der Waals surface area contributed by atoms with E-state index in [1.165, 1.54) is 11.1 Å². The van der Waals surface area contributed by atoms with Gasteiger partial charge in [-0.3, -0.25) is 0 Å². The Morgan fingerprint density at radius 1 is 1.22 bits per heavy atom. The molecule has 1 aromatic carbocycles. The van der Waals surface area contributed by atoms with Crippen molar-refractivity contribution < 1.29 is 14.3 Å². The maximum Gasteiger partial charge on any atom is 0.410 e. The van der Waals surface area contributed by atoms with Gasteiger partial charge in [-0.25, -0.2) is 4.79 Å². The molecule has 5 heteroatoms. The molecular formula is C18H25NO3S. The van der Waals surface area contributed by atoms with E-state index in [-0.39, 0.29) is 12.2 Å². The molecule has 0 aliphatic carbocycles. The second-order valence-corrected chi connectivity index (χ2v) is 7.50. The molecule has 0 radical (unpaired) electrons. The van der Waals surface area contributed by atoms with Crippen LogP contribution in [0.2, 0.25) is 0 Å². The minimum Gasteiger partial charge on any atom is -0.446 e. The minimum atomic E-state index is -0.150. The number of amides is 1. The Balaban J connectivity index is 1.55. The van der Waals surface area contributed by atoms with Crippen LogP contribution >= 0.6 is 11.8 Å². The van der Waals surface area contributed by atoms with Gasteiger partial charge < -0.3 is 14.4 Å². The van der Waals surface area contributed by atoms with E-state index in [2.05, 4.69) is 31.2 Å². The molecule has 4 nitrogen and oxygen atoms in total. The number of benzene rings is 1. The molecule has 2 heterocycles. The lowest BCUT2D eigenvalue weighted by Gasteiger charge is -2.26. The van der Waals surface area contributed by atoms with Crippen LogP contribution in [0.5, 0.6) is 0 Å². The molecule has 2 aliphatic rings. The highest BCUT2D eigenvalue weighted by Gasteiger charge is 2.26. The number of carbonyl (C=O) groups is 1. The topological polar surface area (TPSA) is 38.8 Å². The quantitative estimate of drug-likeness (QED) is 0.824. The highest BCUT2D eigenvalue weighted by molar-refractivity contribution is 7.99. The minimum absolute atomic E-state index is 0.0271. The van der Waals surface area contributed by atoms with Gasteiger partial charge in [-0.05, 0) is 24.5 Å². The van der Waals surface area contributed by atoms with E-state index in [0.717, 1.165) is 38.1 Å². The van der Waals surface area contributed by atoms with E-state index < -0.39 is 0 Å². The molecule has 1 unspecified atom stereocenters. The van der Waals surface area contributed by atoms with Gasteiger partial charge >= 0.3 is 6.09 Å². The maximum absolute atomic E-state index is 12.4. The number of nitrogens with zero attached hydrogens (tertiary/aromatic N) is 1. The van der Waals surface area contributed by atoms with Gasteiger partial charge in [0.2, 0.25) is 0 Å². The van der Waals surface area contributed by atoms with Gasteiger partial charge in [-0.15, -0.1) is 0 Å². The van der Waals surface area contributed by atoms with Crippen LogP contribution in [0.25, 0.3) is 0 Å². The van der Waals surface area contributed by atoms with Gasteiger partial charge in [-0.2, -0.15) is 11.8 Å². The molecule has 2 fully saturated rings. The normalized spacial score (nSPS) is 23.3. The lowest BCUT2D eigenvalue weighted by molar-refractivity contribution is -0.00961. The molecule has 1 aromatic rings. The van der Waals surface area contributed by atoms with Crippen molar-refractivity contribution >= 4 is 17.9 Å². The summed E-state index contributed by atoms with van der Waals surface area (Å²) in [5.74, 6) is 0.960. The predicted molar refractivity (Wildman–Crippen MR) is 92.9 cm³/mol. The number of aryl methyl sites for hydroxylation is 1. The molecule has 3 rings (SSSR count). The third-order valence-corrected chi connectivity index (χ3v) is 5.88. The van der Waals surface area contributed by atoms with Crippen LogP contribution in [0.3, 0.4) is 0 Å². The van der Waals surface area contributed by atoms with E-state index in [1.807, 2.05) is 16.7 Å². The van der Waals surface area contributed by atoms with Gasteiger partial charge in [0.25, 0.3) is 0 Å². The summed E-state index contributed by atoms with van der Waals surface area (Å²) in [7, 11) is 0. The van der Waals surface area contributed by atoms with Gasteiger partial charge in [0, 0.05) is 36.9 Å². The van der Waals surface area contributed by atoms with E-state index in [9.17, 15) is 4.79 Å². The van der Waals surface area contributed by atoms with Crippen molar-refractivity contribution in [2.45, 2.75) is 37.5 Å². The fraction of sp³-hybridized carbons (Fsp3) is 0.611. The van der Waals surface area contributed by atoms with Crippen molar-refractivity contribution in [1.82, 2.24) is 4.90 Å². The molecule has 0 spiro atoms. The summed E-state index contributed by atoms with van der Waals surface area (Å²) in [6.07, 6.45) is 2.50. The predicted octanol–water partition coefficient (Wildman–Crippen LogP) is 3.79. The van der Waals surface area contributed by atoms with E-state index >= 15 is 0 Å². The Hall–Kier alpha value is -1.20. The van der Waals surface area contributed by atoms with Gasteiger partial charge in [-0.1, -0.05) is 24.3 Å². The van der Waals surface area contributed by atoms with Crippen LogP contribution in [0.1, 0.15) is 35.6 Å². The summed E-state index contributed by atoms with van der Waals surface area (Å²) in [6.45, 7) is 5.10. The number of carbonyl (C=O) groups excluding carboxylic acids is 1. The molecule has 0 aromatic heterocycles. The summed E-state index contributed by atoms with van der Waals surface area (Å²) in [5.41, 5.74) is 2.74. The van der Waals surface area contributed by atoms with Crippen LogP contribution in [0.15, 0.2) is 24.3 Å². The van der Waals surface area contributed by atoms with Crippen LogP contribution in [0, 0.1) is 6.92 Å². The third-order valence-electron chi connectivity index (χ3n) is 4.57. The molecule has 1 atom stereocenters. The van der Waals surface area contributed by atoms with Crippen molar-refractivity contribution in [2.24, 2.45) is 0 Å². The van der Waals surface area contributed by atoms with E-state index in [1.54, 1.807) is 0 Å². The average Bonchev–Trinajstić information content (AvgIpc) is 2.82. The first-order valence-corrected chi connectivity index (χ1v) is 9.49. The summed E-state index contributed by atoms with van der Waals surface area (Å²) >= 11 is 1.95. The Labute approximate surface area is 142 Å². The zero-order valence-electron chi connectivity index (χ0n) is 13.7. The lowest BCUT2D eigenvalue weighted by atomic mass is 10.0. The van der Waals surface area contributed by atoms with Crippen LogP contribution in [0.4, 0.5) is 4.79 Å². The van der Waals surface area contributed by atoms with Crippen LogP contribution in [-0.4, -0.2) is 49.2 Å². The monoisotopic (exact) mass is 335 g/mol. The molecule has 0 N–H and O–H groups in total. The number of hydrogen-bond acceptors (Lipinski definition) is 4. The fourth-order valence-electron chi connectivity index (χ4n) is 3.16. The average molecular weight is 335 g/mol. The van der Waals surface area contributed by atoms with Crippen molar-refractivity contribution in [3.05, 3.63) is 35.4 Å². The first-order chi connectivity index (χ1) is 11.2. The molecule has 126 valence electrons. The fourth-order valence-corrected chi connectivity index (χ4v) is 4.49. The molecule has 2 saturated heterocycles. The molecule has 2 aliphatic heterocycles. The summed E-state index contributed by atoms with van der Waals surface area (Å²) in [4.78, 5) is 14.3. The molecular weight excluding hydrogens is 310 g/mol. The lowest BCUT2D eigenvalue weighted by Crippen LogP contribution is -2.37. The zero-order valence-corrected chi connectivity index (χ0v) is 14.5. The van der Waals surface area contributed by atoms with E-state index in [0.29, 0.717) is 18.5 Å². The van der Waals surface area contributed by atoms with Crippen LogP contribution < -0.4 is 0 Å². The summed E-state index contributed by atoms with van der Waals surface area (Å²) in [6, 6.07) is 8.56. The SMILES string of the molecule is Cc1ccccc1C1CCN(C(=O)OC2CCOCC2)CCS1. The molecule has 0 saturated carbocycles. The maximum atomic E-state index is 12.4. The Morgan fingerprint density at radius 2 is 2.00 bits per heavy atom. The summed E-state index contributed by atoms with van der Waals surface area (Å²) in [5, 5.41) is 0.470. The highest BCUT2D eigenvalue weighted by Crippen LogP contribution is 2.36. The molecule has 23 heavy (non-hydrogen) atoms. The second-order valence-electron chi connectivity index (χ2n) is 6.19. The number of thioether (sulfide) groups is 1. The smallest absolute Gasteiger partial charge is 0.410 e. The van der Waals surface area contributed by atoms with Crippen molar-refractivity contribution in [3.8, 4) is 0 Å². The number of hydrogen-bond donors (Lipinski definition) is 0. The van der Waals surface area contributed by atoms with Crippen LogP contribution in [-0.2, 0) is 9.47 Å². The van der Waals surface area contributed by atoms with Gasteiger partial charge in [0.1, 0.15) is 6.10 Å². The van der Waals surface area contributed by atoms with Crippen molar-refractivity contribution in [1.29, 1.82) is 0 Å². The Morgan fingerprint density at radius 3 is 2.78 bits per heavy atom. The highest BCUT2D eigenvalue weighted by atomic mass is 32.2. The molecule has 0 bridgehead atoms. The van der Waals surface area contributed by atoms with Crippen molar-refractivity contribution in [2.75, 3.05) is 32.1 Å². The second kappa shape index (κ2) is 8.06. The standard InChI is InChI=1S/C18H25NO3S/c1-14-4-2-3-5-16(14)17-6-9-19(10-13-23-17)18(20)22-15-7-11-21-12-8-15/h2-5,15,17H,6-13H2,1H3. The van der Waals surface area contributed by atoms with Crippen molar-refractivity contribution in [3.63, 3.8) is 0 Å². The largest absolute Gasteiger partial charge is 0.446 e.